The smallest absolute Gasteiger partial charge is 0.214 e. The Morgan fingerprint density at radius 2 is 2.29 bits per heavy atom. The Balaban J connectivity index is 2.31. The van der Waals surface area contributed by atoms with E-state index < -0.39 is 10.0 Å². The lowest BCUT2D eigenvalue weighted by atomic mass is 10.3. The molecule has 0 spiro atoms. The average Bonchev–Trinajstić information content (AvgIpc) is 2.72. The molecule has 7 heteroatoms. The van der Waals surface area contributed by atoms with Gasteiger partial charge in [0, 0.05) is 45.1 Å². The third kappa shape index (κ3) is 4.29. The van der Waals surface area contributed by atoms with Gasteiger partial charge in [-0.1, -0.05) is 6.58 Å². The van der Waals surface area contributed by atoms with Crippen LogP contribution in [0.25, 0.3) is 6.20 Å². The first kappa shape index (κ1) is 13.9. The Morgan fingerprint density at radius 3 is 2.82 bits per heavy atom. The highest BCUT2D eigenvalue weighted by molar-refractivity contribution is 7.89. The van der Waals surface area contributed by atoms with Crippen molar-refractivity contribution in [2.45, 2.75) is 6.54 Å². The van der Waals surface area contributed by atoms with Gasteiger partial charge >= 0.3 is 0 Å². The summed E-state index contributed by atoms with van der Waals surface area (Å²) in [5.74, 6) is 0.0929. The highest BCUT2D eigenvalue weighted by Gasteiger charge is 2.12. The Bertz CT molecular complexity index is 464. The van der Waals surface area contributed by atoms with Crippen LogP contribution < -0.4 is 5.32 Å². The second-order valence-corrected chi connectivity index (χ2v) is 6.09. The van der Waals surface area contributed by atoms with Crippen molar-refractivity contribution in [2.24, 2.45) is 0 Å². The van der Waals surface area contributed by atoms with Gasteiger partial charge in [-0.15, -0.1) is 0 Å². The van der Waals surface area contributed by atoms with Crippen molar-refractivity contribution in [3.63, 3.8) is 0 Å². The summed E-state index contributed by atoms with van der Waals surface area (Å²) in [6, 6.07) is 0. The van der Waals surface area contributed by atoms with Crippen LogP contribution in [0.4, 0.5) is 0 Å². The maximum atomic E-state index is 11.4. The summed E-state index contributed by atoms with van der Waals surface area (Å²) in [6.45, 7) is 4.60. The summed E-state index contributed by atoms with van der Waals surface area (Å²) >= 11 is 0. The van der Waals surface area contributed by atoms with Crippen LogP contribution in [0.1, 0.15) is 5.56 Å². The molecular weight excluding hydrogens is 240 g/mol. The van der Waals surface area contributed by atoms with E-state index in [1.54, 1.807) is 17.1 Å². The van der Waals surface area contributed by atoms with Crippen molar-refractivity contribution in [1.82, 2.24) is 19.4 Å². The predicted molar refractivity (Wildman–Crippen MR) is 67.8 cm³/mol. The Hall–Kier alpha value is -1.18. The van der Waals surface area contributed by atoms with Crippen LogP contribution in [0.5, 0.6) is 0 Å². The Morgan fingerprint density at radius 1 is 1.59 bits per heavy atom. The van der Waals surface area contributed by atoms with E-state index in [-0.39, 0.29) is 5.75 Å². The summed E-state index contributed by atoms with van der Waals surface area (Å²) in [6.07, 6.45) is 5.15. The zero-order valence-electron chi connectivity index (χ0n) is 10.1. The highest BCUT2D eigenvalue weighted by atomic mass is 32.2. The molecule has 0 aliphatic heterocycles. The molecule has 0 saturated heterocycles. The van der Waals surface area contributed by atoms with Crippen LogP contribution in [0.3, 0.4) is 0 Å². The SMILES string of the molecule is C=Cn1cc(CNCCS(=O)(=O)N(C)C)cn1. The molecule has 1 aromatic rings. The highest BCUT2D eigenvalue weighted by Crippen LogP contribution is 1.97. The van der Waals surface area contributed by atoms with Gasteiger partial charge in [0.15, 0.2) is 0 Å². The summed E-state index contributed by atoms with van der Waals surface area (Å²) in [7, 11) is -0.0559. The van der Waals surface area contributed by atoms with Gasteiger partial charge in [-0.25, -0.2) is 17.4 Å². The van der Waals surface area contributed by atoms with E-state index >= 15 is 0 Å². The number of hydrogen-bond acceptors (Lipinski definition) is 4. The molecule has 1 aromatic heterocycles. The molecule has 1 N–H and O–H groups in total. The van der Waals surface area contributed by atoms with Crippen molar-refractivity contribution in [1.29, 1.82) is 0 Å². The van der Waals surface area contributed by atoms with Gasteiger partial charge in [0.1, 0.15) is 0 Å². The van der Waals surface area contributed by atoms with Crippen LogP contribution in [-0.2, 0) is 16.6 Å². The summed E-state index contributed by atoms with van der Waals surface area (Å²) in [5.41, 5.74) is 0.993. The van der Waals surface area contributed by atoms with Gasteiger partial charge < -0.3 is 5.32 Å². The fraction of sp³-hybridized carbons (Fsp3) is 0.500. The minimum absolute atomic E-state index is 0.0929. The largest absolute Gasteiger partial charge is 0.311 e. The molecule has 0 amide bonds. The number of sulfonamides is 1. The Kier molecular flexibility index (Phi) is 4.86. The normalized spacial score (nSPS) is 11.9. The van der Waals surface area contributed by atoms with Crippen molar-refractivity contribution in [2.75, 3.05) is 26.4 Å². The van der Waals surface area contributed by atoms with Crippen molar-refractivity contribution in [3.8, 4) is 0 Å². The van der Waals surface area contributed by atoms with E-state index in [0.29, 0.717) is 13.1 Å². The first-order valence-corrected chi connectivity index (χ1v) is 6.83. The van der Waals surface area contributed by atoms with Crippen molar-refractivity contribution in [3.05, 3.63) is 24.5 Å². The van der Waals surface area contributed by atoms with Crippen LogP contribution in [0.2, 0.25) is 0 Å². The third-order valence-corrected chi connectivity index (χ3v) is 4.10. The molecule has 96 valence electrons. The minimum atomic E-state index is -3.12. The summed E-state index contributed by atoms with van der Waals surface area (Å²) < 4.78 is 25.7. The molecule has 0 atom stereocenters. The van der Waals surface area contributed by atoms with Crippen LogP contribution in [0.15, 0.2) is 19.0 Å². The average molecular weight is 258 g/mol. The molecule has 0 bridgehead atoms. The lowest BCUT2D eigenvalue weighted by molar-refractivity contribution is 0.517. The van der Waals surface area contributed by atoms with E-state index in [9.17, 15) is 8.42 Å². The maximum Gasteiger partial charge on any atom is 0.214 e. The van der Waals surface area contributed by atoms with Gasteiger partial charge in [-0.05, 0) is 0 Å². The molecule has 0 aliphatic carbocycles. The number of nitrogens with one attached hydrogen (secondary N) is 1. The zero-order chi connectivity index (χ0) is 12.9. The second kappa shape index (κ2) is 5.95. The number of hydrogen-bond donors (Lipinski definition) is 1. The molecule has 0 aliphatic rings. The maximum absolute atomic E-state index is 11.4. The lowest BCUT2D eigenvalue weighted by Crippen LogP contribution is -2.30. The van der Waals surface area contributed by atoms with Crippen LogP contribution >= 0.6 is 0 Å². The summed E-state index contributed by atoms with van der Waals surface area (Å²) in [5, 5.41) is 7.08. The van der Waals surface area contributed by atoms with E-state index in [4.69, 9.17) is 0 Å². The van der Waals surface area contributed by atoms with E-state index in [1.807, 2.05) is 6.20 Å². The molecular formula is C10H18N4O2S. The zero-order valence-corrected chi connectivity index (χ0v) is 10.9. The molecule has 0 fully saturated rings. The number of aromatic nitrogens is 2. The quantitative estimate of drug-likeness (QED) is 0.697. The van der Waals surface area contributed by atoms with Gasteiger partial charge in [-0.2, -0.15) is 5.10 Å². The number of rotatable bonds is 7. The first-order valence-electron chi connectivity index (χ1n) is 5.22. The summed E-state index contributed by atoms with van der Waals surface area (Å²) in [4.78, 5) is 0. The fourth-order valence-corrected chi connectivity index (χ4v) is 1.95. The van der Waals surface area contributed by atoms with Gasteiger partial charge in [0.2, 0.25) is 10.0 Å². The number of nitrogens with zero attached hydrogens (tertiary/aromatic N) is 3. The molecule has 0 radical (unpaired) electrons. The molecule has 0 unspecified atom stereocenters. The molecule has 1 rings (SSSR count). The minimum Gasteiger partial charge on any atom is -0.311 e. The molecule has 17 heavy (non-hydrogen) atoms. The monoisotopic (exact) mass is 258 g/mol. The van der Waals surface area contributed by atoms with E-state index in [0.717, 1.165) is 5.56 Å². The fourth-order valence-electron chi connectivity index (χ4n) is 1.18. The molecule has 6 nitrogen and oxygen atoms in total. The topological polar surface area (TPSA) is 67.2 Å². The second-order valence-electron chi connectivity index (χ2n) is 3.79. The van der Waals surface area contributed by atoms with Crippen molar-refractivity contribution < 1.29 is 8.42 Å². The molecule has 1 heterocycles. The van der Waals surface area contributed by atoms with E-state index in [1.165, 1.54) is 18.4 Å². The van der Waals surface area contributed by atoms with Gasteiger partial charge in [-0.3, -0.25) is 0 Å². The molecule has 0 aromatic carbocycles. The lowest BCUT2D eigenvalue weighted by Gasteiger charge is -2.11. The van der Waals surface area contributed by atoms with Crippen LogP contribution in [0, 0.1) is 0 Å². The van der Waals surface area contributed by atoms with Gasteiger partial charge in [0.25, 0.3) is 0 Å². The molecule has 0 saturated carbocycles. The third-order valence-electron chi connectivity index (χ3n) is 2.26. The van der Waals surface area contributed by atoms with E-state index in [2.05, 4.69) is 17.0 Å². The predicted octanol–water partition coefficient (Wildman–Crippen LogP) is -0.0354. The first-order chi connectivity index (χ1) is 7.95. The van der Waals surface area contributed by atoms with Gasteiger partial charge in [0.05, 0.1) is 11.9 Å². The standard InChI is InChI=1S/C10H18N4O2S/c1-4-14-9-10(8-12-14)7-11-5-6-17(15,16)13(2)3/h4,8-9,11H,1,5-7H2,2-3H3. The van der Waals surface area contributed by atoms with Crippen molar-refractivity contribution >= 4 is 16.2 Å². The van der Waals surface area contributed by atoms with Crippen LogP contribution in [-0.4, -0.2) is 48.9 Å². The Labute approximate surface area is 102 Å².